The van der Waals surface area contributed by atoms with Gasteiger partial charge in [-0.15, -0.1) is 0 Å². The molecule has 0 saturated carbocycles. The van der Waals surface area contributed by atoms with E-state index in [1.54, 1.807) is 4.90 Å². The van der Waals surface area contributed by atoms with Crippen LogP contribution in [-0.2, 0) is 12.6 Å². The van der Waals surface area contributed by atoms with Gasteiger partial charge in [0.05, 0.1) is 0 Å². The van der Waals surface area contributed by atoms with Gasteiger partial charge in [0.15, 0.2) is 0 Å². The van der Waals surface area contributed by atoms with Crippen molar-refractivity contribution in [2.24, 2.45) is 0 Å². The van der Waals surface area contributed by atoms with Crippen molar-refractivity contribution in [3.8, 4) is 0 Å². The number of nitrogens with zero attached hydrogens (tertiary/aromatic N) is 1. The molecule has 0 saturated heterocycles. The number of hydrogen-bond donors (Lipinski definition) is 0. The van der Waals surface area contributed by atoms with Gasteiger partial charge < -0.3 is 29.7 Å². The minimum absolute atomic E-state index is 0. The normalized spacial score (nSPS) is 5.75. The Balaban J connectivity index is -0.000000125. The first-order valence-electron chi connectivity index (χ1n) is 1.53. The zero-order chi connectivity index (χ0) is 5.15. The van der Waals surface area contributed by atoms with Gasteiger partial charge in [-0.05, 0) is 0 Å². The Morgan fingerprint density at radius 3 is 1.62 bits per heavy atom. The van der Waals surface area contributed by atoms with Gasteiger partial charge in [-0.3, -0.25) is 0 Å². The molecule has 0 aliphatic heterocycles. The van der Waals surface area contributed by atoms with E-state index in [1.807, 2.05) is 14.1 Å². The average molecular weight is 183 g/mol. The summed E-state index contributed by atoms with van der Waals surface area (Å²) in [4.78, 5) is 1.71. The van der Waals surface area contributed by atoms with Crippen molar-refractivity contribution in [1.29, 1.82) is 0 Å². The van der Waals surface area contributed by atoms with Crippen LogP contribution in [0.2, 0.25) is 0 Å². The van der Waals surface area contributed by atoms with Gasteiger partial charge in [0.25, 0.3) is 0 Å². The molecule has 38 valence electrons. The van der Waals surface area contributed by atoms with Gasteiger partial charge in [0.2, 0.25) is 0 Å². The van der Waals surface area contributed by atoms with Crippen LogP contribution in [0.1, 0.15) is 0 Å². The van der Waals surface area contributed by atoms with Crippen molar-refractivity contribution in [3.05, 3.63) is 0 Å². The second-order valence-electron chi connectivity index (χ2n) is 1.16. The van der Waals surface area contributed by atoms with Crippen molar-refractivity contribution in [3.63, 3.8) is 0 Å². The smallest absolute Gasteiger partial charge is 1.00 e. The molecule has 0 amide bonds. The van der Waals surface area contributed by atoms with E-state index in [4.69, 9.17) is 0 Å². The van der Waals surface area contributed by atoms with E-state index in [0.29, 0.717) is 4.32 Å². The van der Waals surface area contributed by atoms with E-state index >= 15 is 0 Å². The van der Waals surface area contributed by atoms with Crippen LogP contribution < -0.4 is 29.6 Å². The molecule has 5 heteroatoms. The van der Waals surface area contributed by atoms with Crippen LogP contribution in [0.25, 0.3) is 0 Å². The summed E-state index contributed by atoms with van der Waals surface area (Å²) in [6.45, 7) is 0. The molecular formula is C3H7KNNaS2. The van der Waals surface area contributed by atoms with E-state index < -0.39 is 0 Å². The molecular weight excluding hydrogens is 176 g/mol. The van der Waals surface area contributed by atoms with Gasteiger partial charge in [-0.25, -0.2) is 0 Å². The topological polar surface area (TPSA) is 3.24 Å². The molecule has 0 aromatic rings. The Kier molecular flexibility index (Phi) is 20.7. The predicted molar refractivity (Wildman–Crippen MR) is 40.8 cm³/mol. The van der Waals surface area contributed by atoms with Crippen molar-refractivity contribution in [2.45, 2.75) is 0 Å². The zero-order valence-corrected chi connectivity index (χ0v) is 8.40. The summed E-state index contributed by atoms with van der Waals surface area (Å²) < 4.78 is 0.509. The maximum absolute atomic E-state index is 4.56. The van der Waals surface area contributed by atoms with Crippen molar-refractivity contribution in [1.82, 2.24) is 4.90 Å². The third-order valence-electron chi connectivity index (χ3n) is 0.365. The average Bonchev–Trinajstić information content (AvgIpc) is 1.36. The molecule has 0 heterocycles. The van der Waals surface area contributed by atoms with Crippen LogP contribution in [0.15, 0.2) is 0 Å². The van der Waals surface area contributed by atoms with E-state index in [0.717, 1.165) is 0 Å². The van der Waals surface area contributed by atoms with Crippen LogP contribution >= 0.6 is 12.2 Å². The molecule has 0 unspecified atom stereocenters. The zero-order valence-electron chi connectivity index (χ0n) is 4.76. The van der Waals surface area contributed by atoms with Crippen LogP contribution in [0, 0.1) is 0 Å². The molecule has 0 bridgehead atoms. The van der Waals surface area contributed by atoms with Gasteiger partial charge in [-0.1, -0.05) is 4.32 Å². The monoisotopic (exact) mass is 183 g/mol. The quantitative estimate of drug-likeness (QED) is 0.220. The van der Waals surface area contributed by atoms with Crippen LogP contribution in [0.3, 0.4) is 0 Å². The Labute approximate surface area is 126 Å². The number of rotatable bonds is 0. The molecule has 0 aliphatic carbocycles. The van der Waals surface area contributed by atoms with E-state index in [-0.39, 0.29) is 80.9 Å². The Bertz CT molecular complexity index is 68.3. The fourth-order valence-corrected chi connectivity index (χ4v) is 0. The first-order chi connectivity index (χ1) is 2.64. The van der Waals surface area contributed by atoms with Crippen molar-refractivity contribution >= 4 is 80.6 Å². The summed E-state index contributed by atoms with van der Waals surface area (Å²) in [5.74, 6) is 0. The molecule has 0 aromatic heterocycles. The summed E-state index contributed by atoms with van der Waals surface area (Å²) in [6.07, 6.45) is 0. The summed E-state index contributed by atoms with van der Waals surface area (Å²) >= 11 is 9.12. The standard InChI is InChI=1S/C3H7NS2.K.Na.H/c1-4(2)3(5)6;;;/h1-2H3,(H,5,6);;;/q;;+1;/p-1. The predicted octanol–water partition coefficient (Wildman–Crippen LogP) is -3.26. The molecule has 0 aromatic carbocycles. The Morgan fingerprint density at radius 1 is 1.50 bits per heavy atom. The second kappa shape index (κ2) is 9.75. The largest absolute Gasteiger partial charge is 1.00 e. The van der Waals surface area contributed by atoms with E-state index in [2.05, 4.69) is 24.8 Å². The molecule has 0 N–H and O–H groups in total. The molecule has 0 atom stereocenters. The molecule has 1 nitrogen and oxygen atoms in total. The molecule has 0 spiro atoms. The molecule has 8 heavy (non-hydrogen) atoms. The molecule has 0 aliphatic rings. The molecule has 0 radical (unpaired) electrons. The fraction of sp³-hybridized carbons (Fsp3) is 0.667. The fourth-order valence-electron chi connectivity index (χ4n) is 0. The minimum atomic E-state index is 0. The minimum Gasteiger partial charge on any atom is 1.00 e. The summed E-state index contributed by atoms with van der Waals surface area (Å²) in [7, 11) is 3.66. The maximum atomic E-state index is 4.56. The van der Waals surface area contributed by atoms with Crippen molar-refractivity contribution < 1.29 is 29.6 Å². The van der Waals surface area contributed by atoms with Crippen LogP contribution in [0.4, 0.5) is 0 Å². The van der Waals surface area contributed by atoms with Gasteiger partial charge in [0, 0.05) is 14.1 Å². The summed E-state index contributed by atoms with van der Waals surface area (Å²) in [6, 6.07) is 0. The molecule has 0 rings (SSSR count). The van der Waals surface area contributed by atoms with Crippen LogP contribution in [0.5, 0.6) is 0 Å². The number of hydrogen-bond acceptors (Lipinski definition) is 2. The SMILES string of the molecule is CN(C)C(=S)[S-].[KH].[Na+]. The van der Waals surface area contributed by atoms with Crippen molar-refractivity contribution in [2.75, 3.05) is 14.1 Å². The molecule has 0 fully saturated rings. The third-order valence-corrected chi connectivity index (χ3v) is 1.10. The van der Waals surface area contributed by atoms with Gasteiger partial charge in [-0.2, -0.15) is 0 Å². The maximum Gasteiger partial charge on any atom is 1.00 e. The second-order valence-corrected chi connectivity index (χ2v) is 2.19. The summed E-state index contributed by atoms with van der Waals surface area (Å²) in [5, 5.41) is 0. The first kappa shape index (κ1) is 17.0. The number of thiocarbonyl (C=S) groups is 1. The first-order valence-corrected chi connectivity index (χ1v) is 2.34. The third kappa shape index (κ3) is 11.5. The van der Waals surface area contributed by atoms with Gasteiger partial charge in [0.1, 0.15) is 0 Å². The Morgan fingerprint density at radius 2 is 1.62 bits per heavy atom. The van der Waals surface area contributed by atoms with E-state index in [1.165, 1.54) is 0 Å². The summed E-state index contributed by atoms with van der Waals surface area (Å²) in [5.41, 5.74) is 0. The van der Waals surface area contributed by atoms with Crippen LogP contribution in [-0.4, -0.2) is 74.7 Å². The van der Waals surface area contributed by atoms with E-state index in [9.17, 15) is 0 Å². The van der Waals surface area contributed by atoms with Gasteiger partial charge >= 0.3 is 80.9 Å². The Hall–Kier alpha value is 2.75.